The number of nitrogens with one attached hydrogen (secondary N) is 3. The van der Waals surface area contributed by atoms with Gasteiger partial charge in [-0.3, -0.25) is 14.4 Å². The average Bonchev–Trinajstić information content (AvgIpc) is 3.63. The molecule has 2 aliphatic rings. The van der Waals surface area contributed by atoms with Crippen LogP contribution in [0.4, 0.5) is 0 Å². The molecule has 2 aromatic carbocycles. The van der Waals surface area contributed by atoms with Crippen LogP contribution in [-0.4, -0.2) is 60.4 Å². The Hall–Kier alpha value is -4.34. The molecule has 192 valence electrons. The number of esters is 1. The molecule has 0 bridgehead atoms. The summed E-state index contributed by atoms with van der Waals surface area (Å²) in [5.41, 5.74) is 2.58. The fourth-order valence-corrected chi connectivity index (χ4v) is 5.20. The Morgan fingerprint density at radius 1 is 1.14 bits per heavy atom. The first-order chi connectivity index (χ1) is 17.9. The Morgan fingerprint density at radius 2 is 1.95 bits per heavy atom. The van der Waals surface area contributed by atoms with E-state index in [-0.39, 0.29) is 24.8 Å². The SMILES string of the molecule is COC(=O)[C@H](C[C@@H]1CCNC1=O)NC(=O)[C@H]1c2ccccc2CN1C(=O)c1cc2c(OC)cccc2[nH]1. The molecule has 37 heavy (non-hydrogen) atoms. The molecule has 3 amide bonds. The van der Waals surface area contributed by atoms with Gasteiger partial charge in [0.05, 0.1) is 14.2 Å². The lowest BCUT2D eigenvalue weighted by molar-refractivity contribution is -0.146. The van der Waals surface area contributed by atoms with Crippen LogP contribution in [-0.2, 0) is 25.7 Å². The molecule has 1 fully saturated rings. The van der Waals surface area contributed by atoms with E-state index in [2.05, 4.69) is 15.6 Å². The summed E-state index contributed by atoms with van der Waals surface area (Å²) in [7, 11) is 2.80. The summed E-state index contributed by atoms with van der Waals surface area (Å²) in [5, 5.41) is 6.26. The van der Waals surface area contributed by atoms with Gasteiger partial charge in [-0.2, -0.15) is 0 Å². The van der Waals surface area contributed by atoms with Crippen LogP contribution in [0.15, 0.2) is 48.5 Å². The molecule has 10 nitrogen and oxygen atoms in total. The quantitative estimate of drug-likeness (QED) is 0.423. The molecule has 3 heterocycles. The molecule has 0 unspecified atom stereocenters. The van der Waals surface area contributed by atoms with Crippen molar-refractivity contribution in [3.63, 3.8) is 0 Å². The Kier molecular flexibility index (Phi) is 6.56. The third kappa shape index (κ3) is 4.50. The van der Waals surface area contributed by atoms with Crippen molar-refractivity contribution in [1.29, 1.82) is 0 Å². The van der Waals surface area contributed by atoms with E-state index in [0.717, 1.165) is 16.5 Å². The summed E-state index contributed by atoms with van der Waals surface area (Å²) in [6.45, 7) is 0.756. The molecule has 1 aromatic heterocycles. The highest BCUT2D eigenvalue weighted by Crippen LogP contribution is 2.36. The molecule has 0 spiro atoms. The van der Waals surface area contributed by atoms with Gasteiger partial charge in [0.2, 0.25) is 11.8 Å². The van der Waals surface area contributed by atoms with E-state index < -0.39 is 29.9 Å². The highest BCUT2D eigenvalue weighted by Gasteiger charge is 2.41. The number of ether oxygens (including phenoxy) is 2. The second kappa shape index (κ2) is 9.96. The molecular weight excluding hydrogens is 476 g/mol. The van der Waals surface area contributed by atoms with Gasteiger partial charge >= 0.3 is 5.97 Å². The molecule has 3 aromatic rings. The molecule has 0 aliphatic carbocycles. The predicted molar refractivity (Wildman–Crippen MR) is 134 cm³/mol. The summed E-state index contributed by atoms with van der Waals surface area (Å²) in [6.07, 6.45) is 0.692. The third-order valence-electron chi connectivity index (χ3n) is 7.07. The first-order valence-electron chi connectivity index (χ1n) is 12.1. The smallest absolute Gasteiger partial charge is 0.328 e. The summed E-state index contributed by atoms with van der Waals surface area (Å²) in [5.74, 6) is -1.44. The van der Waals surface area contributed by atoms with Gasteiger partial charge < -0.3 is 30.0 Å². The van der Waals surface area contributed by atoms with E-state index in [9.17, 15) is 19.2 Å². The fraction of sp³-hybridized carbons (Fsp3) is 0.333. The van der Waals surface area contributed by atoms with Crippen molar-refractivity contribution in [2.24, 2.45) is 5.92 Å². The van der Waals surface area contributed by atoms with Crippen molar-refractivity contribution in [3.8, 4) is 5.75 Å². The molecule has 10 heteroatoms. The monoisotopic (exact) mass is 504 g/mol. The van der Waals surface area contributed by atoms with Gasteiger partial charge in [0.1, 0.15) is 23.5 Å². The number of aromatic amines is 1. The van der Waals surface area contributed by atoms with Crippen LogP contribution >= 0.6 is 0 Å². The van der Waals surface area contributed by atoms with Crippen LogP contribution in [0.3, 0.4) is 0 Å². The number of benzene rings is 2. The molecule has 0 saturated carbocycles. The van der Waals surface area contributed by atoms with E-state index in [0.29, 0.717) is 30.0 Å². The lowest BCUT2D eigenvalue weighted by Crippen LogP contribution is -2.48. The average molecular weight is 505 g/mol. The van der Waals surface area contributed by atoms with Gasteiger partial charge in [-0.25, -0.2) is 4.79 Å². The number of methoxy groups -OCH3 is 2. The molecule has 5 rings (SSSR count). The van der Waals surface area contributed by atoms with Crippen molar-refractivity contribution in [3.05, 3.63) is 65.4 Å². The van der Waals surface area contributed by atoms with Crippen LogP contribution in [0.2, 0.25) is 0 Å². The summed E-state index contributed by atoms with van der Waals surface area (Å²) < 4.78 is 10.3. The normalized spacial score (nSPS) is 19.3. The lowest BCUT2D eigenvalue weighted by atomic mass is 9.97. The molecular formula is C27H28N4O6. The van der Waals surface area contributed by atoms with Crippen LogP contribution in [0.25, 0.3) is 10.9 Å². The maximum Gasteiger partial charge on any atom is 0.328 e. The Labute approximate surface area is 213 Å². The predicted octanol–water partition coefficient (Wildman–Crippen LogP) is 2.06. The zero-order valence-electron chi connectivity index (χ0n) is 20.6. The number of H-pyrrole nitrogens is 1. The number of fused-ring (bicyclic) bond motifs is 2. The topological polar surface area (TPSA) is 130 Å². The maximum absolute atomic E-state index is 13.7. The van der Waals surface area contributed by atoms with Gasteiger partial charge in [-0.1, -0.05) is 30.3 Å². The minimum atomic E-state index is -1.02. The van der Waals surface area contributed by atoms with Crippen molar-refractivity contribution in [2.75, 3.05) is 20.8 Å². The molecule has 3 N–H and O–H groups in total. The molecule has 3 atom stereocenters. The van der Waals surface area contributed by atoms with E-state index in [1.807, 2.05) is 36.4 Å². The first kappa shape index (κ1) is 24.4. The van der Waals surface area contributed by atoms with Crippen LogP contribution in [0.5, 0.6) is 5.75 Å². The third-order valence-corrected chi connectivity index (χ3v) is 7.07. The van der Waals surface area contributed by atoms with Crippen LogP contribution in [0, 0.1) is 5.92 Å². The van der Waals surface area contributed by atoms with Crippen LogP contribution in [0.1, 0.15) is 40.5 Å². The van der Waals surface area contributed by atoms with Crippen molar-refractivity contribution >= 4 is 34.6 Å². The number of nitrogens with zero attached hydrogens (tertiary/aromatic N) is 1. The fourth-order valence-electron chi connectivity index (χ4n) is 5.20. The Balaban J connectivity index is 1.44. The number of hydrogen-bond acceptors (Lipinski definition) is 6. The molecule has 0 radical (unpaired) electrons. The molecule has 1 saturated heterocycles. The standard InChI is InChI=1S/C27H28N4O6/c1-36-22-9-5-8-19-18(22)13-20(29-19)26(34)31-14-16-6-3-4-7-17(16)23(31)25(33)30-21(27(35)37-2)12-15-10-11-28-24(15)32/h3-9,13,15,21,23,29H,10-12,14H2,1-2H3,(H,28,32)(H,30,33)/t15-,21-,23+/m0/s1. The second-order valence-electron chi connectivity index (χ2n) is 9.24. The van der Waals surface area contributed by atoms with E-state index in [4.69, 9.17) is 9.47 Å². The Morgan fingerprint density at radius 3 is 2.68 bits per heavy atom. The maximum atomic E-state index is 13.7. The van der Waals surface area contributed by atoms with Gasteiger partial charge in [0, 0.05) is 29.9 Å². The first-order valence-corrected chi connectivity index (χ1v) is 12.1. The van der Waals surface area contributed by atoms with Gasteiger partial charge in [-0.05, 0) is 42.2 Å². The van der Waals surface area contributed by atoms with E-state index >= 15 is 0 Å². The zero-order chi connectivity index (χ0) is 26.1. The zero-order valence-corrected chi connectivity index (χ0v) is 20.6. The van der Waals surface area contributed by atoms with Gasteiger partial charge in [-0.15, -0.1) is 0 Å². The van der Waals surface area contributed by atoms with Crippen LogP contribution < -0.4 is 15.4 Å². The largest absolute Gasteiger partial charge is 0.496 e. The number of aromatic nitrogens is 1. The summed E-state index contributed by atoms with van der Waals surface area (Å²) in [6, 6.07) is 12.6. The minimum Gasteiger partial charge on any atom is -0.496 e. The van der Waals surface area contributed by atoms with Crippen molar-refractivity contribution in [2.45, 2.75) is 31.5 Å². The minimum absolute atomic E-state index is 0.119. The molecule has 2 aliphatic heterocycles. The number of hydrogen-bond donors (Lipinski definition) is 3. The second-order valence-corrected chi connectivity index (χ2v) is 9.24. The van der Waals surface area contributed by atoms with E-state index in [1.165, 1.54) is 12.0 Å². The Bertz CT molecular complexity index is 1380. The number of carbonyl (C=O) groups excluding carboxylic acids is 4. The number of amides is 3. The van der Waals surface area contributed by atoms with Gasteiger partial charge in [0.15, 0.2) is 0 Å². The van der Waals surface area contributed by atoms with Gasteiger partial charge in [0.25, 0.3) is 5.91 Å². The van der Waals surface area contributed by atoms with E-state index in [1.54, 1.807) is 19.2 Å². The van der Waals surface area contributed by atoms with Crippen molar-refractivity contribution < 1.29 is 28.7 Å². The highest BCUT2D eigenvalue weighted by atomic mass is 16.5. The summed E-state index contributed by atoms with van der Waals surface area (Å²) >= 11 is 0. The number of rotatable bonds is 7. The number of carbonyl (C=O) groups is 4. The highest BCUT2D eigenvalue weighted by molar-refractivity contribution is 6.02. The van der Waals surface area contributed by atoms with Crippen molar-refractivity contribution in [1.82, 2.24) is 20.5 Å². The summed E-state index contributed by atoms with van der Waals surface area (Å²) in [4.78, 5) is 56.6. The lowest BCUT2D eigenvalue weighted by Gasteiger charge is -2.26.